The summed E-state index contributed by atoms with van der Waals surface area (Å²) in [6, 6.07) is 0.481. The van der Waals surface area contributed by atoms with Gasteiger partial charge in [-0.2, -0.15) is 0 Å². The summed E-state index contributed by atoms with van der Waals surface area (Å²) >= 11 is 0. The van der Waals surface area contributed by atoms with Gasteiger partial charge < -0.3 is 15.5 Å². The molecule has 2 saturated heterocycles. The van der Waals surface area contributed by atoms with Crippen LogP contribution < -0.4 is 5.73 Å². The number of amides is 2. The quantitative estimate of drug-likeness (QED) is 0.832. The van der Waals surface area contributed by atoms with E-state index in [1.807, 2.05) is 9.80 Å². The fourth-order valence-electron chi connectivity index (χ4n) is 4.05. The first kappa shape index (κ1) is 17.5. The monoisotopic (exact) mass is 329 g/mol. The van der Waals surface area contributed by atoms with E-state index in [0.29, 0.717) is 25.6 Å². The van der Waals surface area contributed by atoms with Gasteiger partial charge in [0, 0.05) is 38.1 Å². The smallest absolute Gasteiger partial charge is 0.228 e. The number of carbonyl (C=O) groups excluding carboxylic acids is 2. The van der Waals surface area contributed by atoms with Gasteiger partial charge in [0.25, 0.3) is 0 Å². The van der Waals surface area contributed by atoms with Crippen molar-refractivity contribution >= 4 is 24.2 Å². The highest BCUT2D eigenvalue weighted by Gasteiger charge is 2.41. The van der Waals surface area contributed by atoms with Gasteiger partial charge in [-0.05, 0) is 38.0 Å². The summed E-state index contributed by atoms with van der Waals surface area (Å²) in [4.78, 5) is 28.6. The minimum absolute atomic E-state index is 0. The molecule has 0 aromatic heterocycles. The molecule has 2 atom stereocenters. The van der Waals surface area contributed by atoms with Crippen LogP contribution in [0.4, 0.5) is 0 Å². The first-order valence-corrected chi connectivity index (χ1v) is 8.38. The van der Waals surface area contributed by atoms with Crippen LogP contribution in [0.15, 0.2) is 0 Å². The van der Waals surface area contributed by atoms with Crippen LogP contribution in [0.2, 0.25) is 0 Å². The Balaban J connectivity index is 0.00000176. The predicted octanol–water partition coefficient (Wildman–Crippen LogP) is 1.39. The largest absolute Gasteiger partial charge is 0.341 e. The molecule has 3 fully saturated rings. The molecule has 1 aliphatic carbocycles. The normalized spacial score (nSPS) is 35.6. The van der Waals surface area contributed by atoms with Crippen LogP contribution in [0.1, 0.15) is 45.4 Å². The molecule has 6 heteroatoms. The van der Waals surface area contributed by atoms with Crippen LogP contribution in [0.5, 0.6) is 0 Å². The van der Waals surface area contributed by atoms with E-state index in [-0.39, 0.29) is 36.2 Å². The molecule has 0 bridgehead atoms. The maximum Gasteiger partial charge on any atom is 0.228 e. The van der Waals surface area contributed by atoms with Crippen molar-refractivity contribution in [1.29, 1.82) is 0 Å². The van der Waals surface area contributed by atoms with Gasteiger partial charge in [0.05, 0.1) is 5.92 Å². The molecule has 126 valence electrons. The molecule has 0 aromatic carbocycles. The summed E-state index contributed by atoms with van der Waals surface area (Å²) in [6.07, 6.45) is 5.89. The van der Waals surface area contributed by atoms with Crippen molar-refractivity contribution in [2.24, 2.45) is 17.6 Å². The molecule has 2 aliphatic heterocycles. The lowest BCUT2D eigenvalue weighted by atomic mass is 9.86. The summed E-state index contributed by atoms with van der Waals surface area (Å²) in [5.41, 5.74) is 5.87. The van der Waals surface area contributed by atoms with E-state index < -0.39 is 0 Å². The van der Waals surface area contributed by atoms with Crippen LogP contribution in [-0.2, 0) is 9.59 Å². The van der Waals surface area contributed by atoms with Crippen LogP contribution in [0.3, 0.4) is 0 Å². The van der Waals surface area contributed by atoms with Gasteiger partial charge >= 0.3 is 0 Å². The number of nitrogens with zero attached hydrogens (tertiary/aromatic N) is 2. The Labute approximate surface area is 139 Å². The lowest BCUT2D eigenvalue weighted by Crippen LogP contribution is -2.41. The Bertz CT molecular complexity index is 424. The number of carbonyl (C=O) groups is 2. The molecular formula is C16H28ClN3O2. The Morgan fingerprint density at radius 3 is 2.41 bits per heavy atom. The van der Waals surface area contributed by atoms with Crippen molar-refractivity contribution in [2.75, 3.05) is 19.6 Å². The standard InChI is InChI=1S/C16H27N3O2.ClH/c1-11-2-4-14(5-3-11)19-9-12(8-15(19)20)16(21)18-7-6-13(17)10-18;/h11-14H,2-10,17H2,1H3;1H/t11?,12?,13-,14?;/m1./s1. The third-order valence-electron chi connectivity index (χ3n) is 5.47. The second kappa shape index (κ2) is 7.18. The van der Waals surface area contributed by atoms with Crippen LogP contribution in [-0.4, -0.2) is 53.3 Å². The first-order valence-electron chi connectivity index (χ1n) is 8.38. The topological polar surface area (TPSA) is 66.6 Å². The van der Waals surface area contributed by atoms with E-state index in [1.54, 1.807) is 0 Å². The summed E-state index contributed by atoms with van der Waals surface area (Å²) in [7, 11) is 0. The lowest BCUT2D eigenvalue weighted by Gasteiger charge is -2.33. The zero-order chi connectivity index (χ0) is 15.0. The number of hydrogen-bond donors (Lipinski definition) is 1. The molecule has 2 heterocycles. The van der Waals surface area contributed by atoms with E-state index in [0.717, 1.165) is 31.7 Å². The predicted molar refractivity (Wildman–Crippen MR) is 87.7 cm³/mol. The minimum atomic E-state index is -0.137. The van der Waals surface area contributed by atoms with Crippen molar-refractivity contribution in [3.05, 3.63) is 0 Å². The van der Waals surface area contributed by atoms with E-state index in [1.165, 1.54) is 12.8 Å². The number of hydrogen-bond acceptors (Lipinski definition) is 3. The van der Waals surface area contributed by atoms with Gasteiger partial charge in [-0.25, -0.2) is 0 Å². The van der Waals surface area contributed by atoms with Gasteiger partial charge in [0.1, 0.15) is 0 Å². The van der Waals surface area contributed by atoms with Crippen molar-refractivity contribution in [3.8, 4) is 0 Å². The van der Waals surface area contributed by atoms with Crippen molar-refractivity contribution in [3.63, 3.8) is 0 Å². The Morgan fingerprint density at radius 1 is 1.14 bits per heavy atom. The number of nitrogens with two attached hydrogens (primary N) is 1. The zero-order valence-electron chi connectivity index (χ0n) is 13.4. The highest BCUT2D eigenvalue weighted by Crippen LogP contribution is 2.32. The third kappa shape index (κ3) is 3.57. The van der Waals surface area contributed by atoms with Gasteiger partial charge in [0.15, 0.2) is 0 Å². The molecule has 1 unspecified atom stereocenters. The van der Waals surface area contributed by atoms with Crippen LogP contribution in [0, 0.1) is 11.8 Å². The van der Waals surface area contributed by atoms with Gasteiger partial charge in [0.2, 0.25) is 11.8 Å². The van der Waals surface area contributed by atoms with E-state index in [4.69, 9.17) is 5.73 Å². The summed E-state index contributed by atoms with van der Waals surface area (Å²) < 4.78 is 0. The van der Waals surface area contributed by atoms with Crippen molar-refractivity contribution in [2.45, 2.75) is 57.5 Å². The summed E-state index contributed by atoms with van der Waals surface area (Å²) in [6.45, 7) is 4.32. The van der Waals surface area contributed by atoms with Gasteiger partial charge in [-0.3, -0.25) is 9.59 Å². The number of halogens is 1. The molecule has 0 aromatic rings. The second-order valence-corrected chi connectivity index (χ2v) is 7.19. The maximum atomic E-state index is 12.5. The number of likely N-dealkylation sites (tertiary alicyclic amines) is 2. The third-order valence-corrected chi connectivity index (χ3v) is 5.47. The van der Waals surface area contributed by atoms with Crippen molar-refractivity contribution in [1.82, 2.24) is 9.80 Å². The molecule has 3 aliphatic rings. The summed E-state index contributed by atoms with van der Waals surface area (Å²) in [5, 5.41) is 0. The highest BCUT2D eigenvalue weighted by molar-refractivity contribution is 5.89. The Kier molecular flexibility index (Phi) is 5.72. The lowest BCUT2D eigenvalue weighted by molar-refractivity contribution is -0.135. The molecule has 5 nitrogen and oxygen atoms in total. The minimum Gasteiger partial charge on any atom is -0.341 e. The molecule has 2 N–H and O–H groups in total. The first-order chi connectivity index (χ1) is 10.0. The molecule has 22 heavy (non-hydrogen) atoms. The molecular weight excluding hydrogens is 302 g/mol. The second-order valence-electron chi connectivity index (χ2n) is 7.19. The zero-order valence-corrected chi connectivity index (χ0v) is 14.2. The number of rotatable bonds is 2. The van der Waals surface area contributed by atoms with E-state index in [9.17, 15) is 9.59 Å². The van der Waals surface area contributed by atoms with E-state index >= 15 is 0 Å². The maximum absolute atomic E-state index is 12.5. The fourth-order valence-corrected chi connectivity index (χ4v) is 4.05. The molecule has 0 spiro atoms. The van der Waals surface area contributed by atoms with Crippen LogP contribution >= 0.6 is 12.4 Å². The van der Waals surface area contributed by atoms with Gasteiger partial charge in [-0.1, -0.05) is 6.92 Å². The molecule has 1 saturated carbocycles. The fraction of sp³-hybridized carbons (Fsp3) is 0.875. The Hall–Kier alpha value is -0.810. The average molecular weight is 330 g/mol. The average Bonchev–Trinajstić information content (AvgIpc) is 3.05. The SMILES string of the molecule is CC1CCC(N2CC(C(=O)N3CC[C@@H](N)C3)CC2=O)CC1.Cl. The van der Waals surface area contributed by atoms with Gasteiger partial charge in [-0.15, -0.1) is 12.4 Å². The van der Waals surface area contributed by atoms with Crippen LogP contribution in [0.25, 0.3) is 0 Å². The molecule has 3 rings (SSSR count). The van der Waals surface area contributed by atoms with Crippen molar-refractivity contribution < 1.29 is 9.59 Å². The molecule has 0 radical (unpaired) electrons. The highest BCUT2D eigenvalue weighted by atomic mass is 35.5. The Morgan fingerprint density at radius 2 is 1.82 bits per heavy atom. The van der Waals surface area contributed by atoms with E-state index in [2.05, 4.69) is 6.92 Å². The summed E-state index contributed by atoms with van der Waals surface area (Å²) in [5.74, 6) is 0.962. The molecule has 2 amide bonds.